The first kappa shape index (κ1) is 17.7. The van der Waals surface area contributed by atoms with Gasteiger partial charge in [0, 0.05) is 49.6 Å². The van der Waals surface area contributed by atoms with E-state index in [1.54, 1.807) is 36.7 Å². The van der Waals surface area contributed by atoms with E-state index in [1.165, 1.54) is 0 Å². The maximum atomic E-state index is 12.9. The number of ether oxygens (including phenoxy) is 1. The molecule has 1 amide bonds. The average molecular weight is 368 g/mol. The summed E-state index contributed by atoms with van der Waals surface area (Å²) >= 11 is 0. The summed E-state index contributed by atoms with van der Waals surface area (Å²) < 4.78 is 5.92. The first-order chi connectivity index (χ1) is 13.2. The average Bonchev–Trinajstić information content (AvgIpc) is 2.91. The zero-order valence-corrected chi connectivity index (χ0v) is 15.3. The van der Waals surface area contributed by atoms with Gasteiger partial charge in [0.25, 0.3) is 5.91 Å². The molecule has 0 aliphatic carbocycles. The summed E-state index contributed by atoms with van der Waals surface area (Å²) in [6.45, 7) is 4.18. The molecule has 1 unspecified atom stereocenters. The second kappa shape index (κ2) is 7.52. The number of aromatic nitrogens is 2. The predicted molar refractivity (Wildman–Crippen MR) is 101 cm³/mol. The Morgan fingerprint density at radius 1 is 1.11 bits per heavy atom. The first-order valence-corrected chi connectivity index (χ1v) is 9.33. The highest BCUT2D eigenvalue weighted by molar-refractivity contribution is 5.94. The van der Waals surface area contributed by atoms with Crippen LogP contribution in [0.15, 0.2) is 42.7 Å². The number of rotatable bonds is 2. The van der Waals surface area contributed by atoms with Crippen LogP contribution in [0.25, 0.3) is 0 Å². The number of amides is 1. The predicted octanol–water partition coefficient (Wildman–Crippen LogP) is 1.94. The van der Waals surface area contributed by atoms with Crippen LogP contribution in [0.4, 0.5) is 5.95 Å². The first-order valence-electron chi connectivity index (χ1n) is 9.33. The molecule has 1 aromatic carbocycles. The number of carbonyl (C=O) groups excluding carboxylic acids is 1. The van der Waals surface area contributed by atoms with E-state index in [1.807, 2.05) is 11.0 Å². The maximum absolute atomic E-state index is 12.9. The molecule has 0 bridgehead atoms. The lowest BCUT2D eigenvalue weighted by atomic mass is 9.80. The lowest BCUT2D eigenvalue weighted by Crippen LogP contribution is -2.52. The van der Waals surface area contributed by atoms with E-state index in [0.717, 1.165) is 32.5 Å². The van der Waals surface area contributed by atoms with Crippen LogP contribution in [0.5, 0.6) is 5.75 Å². The van der Waals surface area contributed by atoms with Crippen LogP contribution in [-0.4, -0.2) is 65.3 Å². The van der Waals surface area contributed by atoms with Gasteiger partial charge in [-0.3, -0.25) is 4.79 Å². The molecule has 3 heterocycles. The third-order valence-electron chi connectivity index (χ3n) is 5.34. The Labute approximate surface area is 158 Å². The van der Waals surface area contributed by atoms with E-state index in [4.69, 9.17) is 4.74 Å². The van der Waals surface area contributed by atoms with Crippen LogP contribution in [0.3, 0.4) is 0 Å². The van der Waals surface area contributed by atoms with Gasteiger partial charge in [-0.05, 0) is 43.2 Å². The second-order valence-corrected chi connectivity index (χ2v) is 7.40. The van der Waals surface area contributed by atoms with Crippen LogP contribution in [0, 0.1) is 5.41 Å². The third kappa shape index (κ3) is 3.88. The summed E-state index contributed by atoms with van der Waals surface area (Å²) in [5, 5.41) is 9.46. The van der Waals surface area contributed by atoms with E-state index in [0.29, 0.717) is 31.3 Å². The molecule has 2 saturated heterocycles. The standard InChI is InChI=1S/C20H24N4O3/c25-17-5-3-16(4-6-17)18(26)23-10-1-7-20(13-23)14-24(11-12-27-15-20)19-21-8-2-9-22-19/h2-6,8-9,25H,1,7,10-15H2. The minimum absolute atomic E-state index is 0.000771. The number of benzene rings is 1. The van der Waals surface area contributed by atoms with Gasteiger partial charge in [0.15, 0.2) is 0 Å². The molecule has 7 nitrogen and oxygen atoms in total. The van der Waals surface area contributed by atoms with Gasteiger partial charge in [0.05, 0.1) is 13.2 Å². The number of hydrogen-bond acceptors (Lipinski definition) is 6. The topological polar surface area (TPSA) is 78.8 Å². The fourth-order valence-electron chi connectivity index (χ4n) is 4.03. The molecule has 1 atom stereocenters. The van der Waals surface area contributed by atoms with Gasteiger partial charge in [0.1, 0.15) is 5.75 Å². The number of carbonyl (C=O) groups is 1. The molecule has 2 aromatic rings. The zero-order valence-electron chi connectivity index (χ0n) is 15.3. The Bertz CT molecular complexity index is 784. The number of aromatic hydroxyl groups is 1. The summed E-state index contributed by atoms with van der Waals surface area (Å²) in [5.74, 6) is 0.877. The summed E-state index contributed by atoms with van der Waals surface area (Å²) in [5.41, 5.74) is 0.475. The molecule has 1 aromatic heterocycles. The van der Waals surface area contributed by atoms with Crippen LogP contribution >= 0.6 is 0 Å². The molecule has 0 radical (unpaired) electrons. The van der Waals surface area contributed by atoms with Crippen molar-refractivity contribution in [2.75, 3.05) is 44.3 Å². The van der Waals surface area contributed by atoms with Crippen molar-refractivity contribution in [3.8, 4) is 5.75 Å². The number of piperidine rings is 1. The van der Waals surface area contributed by atoms with Gasteiger partial charge in [0.2, 0.25) is 5.95 Å². The Hall–Kier alpha value is -2.67. The van der Waals surface area contributed by atoms with Gasteiger partial charge >= 0.3 is 0 Å². The van der Waals surface area contributed by atoms with Gasteiger partial charge in [-0.25, -0.2) is 9.97 Å². The fourth-order valence-corrected chi connectivity index (χ4v) is 4.03. The zero-order chi connectivity index (χ0) is 18.7. The number of phenolic OH excluding ortho intramolecular Hbond substituents is 1. The van der Waals surface area contributed by atoms with Crippen molar-refractivity contribution < 1.29 is 14.6 Å². The van der Waals surface area contributed by atoms with Crippen LogP contribution in [0.2, 0.25) is 0 Å². The van der Waals surface area contributed by atoms with Crippen molar-refractivity contribution in [3.05, 3.63) is 48.3 Å². The molecular formula is C20H24N4O3. The summed E-state index contributed by atoms with van der Waals surface area (Å²) in [7, 11) is 0. The summed E-state index contributed by atoms with van der Waals surface area (Å²) in [6, 6.07) is 8.26. The molecule has 0 saturated carbocycles. The van der Waals surface area contributed by atoms with Crippen molar-refractivity contribution in [2.24, 2.45) is 5.41 Å². The molecule has 2 aliphatic rings. The largest absolute Gasteiger partial charge is 0.508 e. The monoisotopic (exact) mass is 368 g/mol. The summed E-state index contributed by atoms with van der Waals surface area (Å²) in [4.78, 5) is 25.8. The molecule has 1 N–H and O–H groups in total. The fraction of sp³-hybridized carbons (Fsp3) is 0.450. The van der Waals surface area contributed by atoms with E-state index in [2.05, 4.69) is 14.9 Å². The van der Waals surface area contributed by atoms with E-state index in [9.17, 15) is 9.90 Å². The van der Waals surface area contributed by atoms with Crippen molar-refractivity contribution in [1.82, 2.24) is 14.9 Å². The minimum Gasteiger partial charge on any atom is -0.508 e. The van der Waals surface area contributed by atoms with Gasteiger partial charge in [-0.2, -0.15) is 0 Å². The van der Waals surface area contributed by atoms with Crippen molar-refractivity contribution in [3.63, 3.8) is 0 Å². The van der Waals surface area contributed by atoms with Gasteiger partial charge in [-0.15, -0.1) is 0 Å². The highest BCUT2D eigenvalue weighted by atomic mass is 16.5. The van der Waals surface area contributed by atoms with Crippen LogP contribution in [0.1, 0.15) is 23.2 Å². The Morgan fingerprint density at radius 3 is 2.67 bits per heavy atom. The number of hydrogen-bond donors (Lipinski definition) is 1. The number of likely N-dealkylation sites (tertiary alicyclic amines) is 1. The minimum atomic E-state index is -0.124. The molecule has 2 fully saturated rings. The Balaban J connectivity index is 1.53. The van der Waals surface area contributed by atoms with Crippen LogP contribution in [-0.2, 0) is 4.74 Å². The smallest absolute Gasteiger partial charge is 0.253 e. The van der Waals surface area contributed by atoms with Crippen molar-refractivity contribution in [1.29, 1.82) is 0 Å². The third-order valence-corrected chi connectivity index (χ3v) is 5.34. The Kier molecular flexibility index (Phi) is 4.94. The van der Waals surface area contributed by atoms with Crippen molar-refractivity contribution >= 4 is 11.9 Å². The second-order valence-electron chi connectivity index (χ2n) is 7.40. The maximum Gasteiger partial charge on any atom is 0.253 e. The highest BCUT2D eigenvalue weighted by Crippen LogP contribution is 2.34. The number of anilines is 1. The highest BCUT2D eigenvalue weighted by Gasteiger charge is 2.41. The van der Waals surface area contributed by atoms with E-state index < -0.39 is 0 Å². The number of nitrogens with zero attached hydrogens (tertiary/aromatic N) is 4. The SMILES string of the molecule is O=C(c1ccc(O)cc1)N1CCCC2(COCCN(c3ncccn3)C2)C1. The molecule has 1 spiro atoms. The van der Waals surface area contributed by atoms with E-state index >= 15 is 0 Å². The molecular weight excluding hydrogens is 344 g/mol. The number of phenols is 1. The molecule has 4 rings (SSSR count). The Morgan fingerprint density at radius 2 is 1.89 bits per heavy atom. The molecule has 2 aliphatic heterocycles. The summed E-state index contributed by atoms with van der Waals surface area (Å²) in [6.07, 6.45) is 5.46. The lowest BCUT2D eigenvalue weighted by molar-refractivity contribution is 0.0135. The van der Waals surface area contributed by atoms with Crippen LogP contribution < -0.4 is 4.90 Å². The van der Waals surface area contributed by atoms with Crippen molar-refractivity contribution in [2.45, 2.75) is 12.8 Å². The lowest BCUT2D eigenvalue weighted by Gasteiger charge is -2.43. The van der Waals surface area contributed by atoms with Gasteiger partial charge < -0.3 is 19.6 Å². The molecule has 7 heteroatoms. The quantitative estimate of drug-likeness (QED) is 0.873. The van der Waals surface area contributed by atoms with E-state index in [-0.39, 0.29) is 17.1 Å². The normalized spacial score (nSPS) is 23.3. The van der Waals surface area contributed by atoms with Gasteiger partial charge in [-0.1, -0.05) is 0 Å². The molecule has 27 heavy (non-hydrogen) atoms. The molecule has 142 valence electrons.